The van der Waals surface area contributed by atoms with Crippen LogP contribution in [0, 0.1) is 6.92 Å². The first kappa shape index (κ1) is 21.4. The van der Waals surface area contributed by atoms with Crippen molar-refractivity contribution >= 4 is 32.9 Å². The zero-order chi connectivity index (χ0) is 23.4. The highest BCUT2D eigenvalue weighted by Gasteiger charge is 2.27. The number of rotatable bonds is 6. The number of anilines is 1. The zero-order valence-electron chi connectivity index (χ0n) is 19.9. The third-order valence-electron chi connectivity index (χ3n) is 7.03. The Kier molecular flexibility index (Phi) is 5.19. The number of aryl methyl sites for hydroxylation is 2. The molecular weight excluding hydrogens is 440 g/mol. The third-order valence-corrected chi connectivity index (χ3v) is 8.28. The Bertz CT molecular complexity index is 1500. The smallest absolute Gasteiger partial charge is 0.158 e. The Morgan fingerprint density at radius 1 is 1.18 bits per heavy atom. The number of hydrogen-bond donors (Lipinski definition) is 3. The summed E-state index contributed by atoms with van der Waals surface area (Å²) in [6.45, 7) is 8.28. The van der Waals surface area contributed by atoms with Crippen molar-refractivity contribution in [2.24, 2.45) is 5.73 Å². The van der Waals surface area contributed by atoms with E-state index in [1.165, 1.54) is 60.6 Å². The molecule has 0 saturated carbocycles. The Hall–Kier alpha value is -3.16. The first-order valence-corrected chi connectivity index (χ1v) is 12.9. The highest BCUT2D eigenvalue weighted by molar-refractivity contribution is 7.22. The highest BCUT2D eigenvalue weighted by atomic mass is 32.1. The van der Waals surface area contributed by atoms with Crippen LogP contribution in [0.1, 0.15) is 48.4 Å². The topological polar surface area (TPSA) is 84.0 Å². The number of pyridine rings is 1. The second-order valence-corrected chi connectivity index (χ2v) is 10.5. The van der Waals surface area contributed by atoms with E-state index in [0.29, 0.717) is 12.5 Å². The molecule has 0 amide bonds. The van der Waals surface area contributed by atoms with Crippen molar-refractivity contribution in [3.8, 4) is 21.7 Å². The van der Waals surface area contributed by atoms with Gasteiger partial charge in [-0.1, -0.05) is 26.0 Å². The monoisotopic (exact) mass is 470 g/mol. The van der Waals surface area contributed by atoms with Gasteiger partial charge in [-0.2, -0.15) is 5.10 Å². The molecule has 6 rings (SSSR count). The molecule has 1 aliphatic rings. The summed E-state index contributed by atoms with van der Waals surface area (Å²) in [5, 5.41) is 9.20. The molecule has 4 heterocycles. The van der Waals surface area contributed by atoms with Gasteiger partial charge < -0.3 is 16.0 Å². The fourth-order valence-electron chi connectivity index (χ4n) is 5.52. The van der Waals surface area contributed by atoms with Crippen LogP contribution in [0.2, 0.25) is 0 Å². The fourth-order valence-corrected chi connectivity index (χ4v) is 6.75. The standard InChI is InChI=1S/C27H30N6S/c1-15(2)22-23-16(3)25(17-7-9-18(10-8-17)29-12-11-28)34-27(23)32-24(22)21-13-33-26(30-14-31-33)20-6-4-5-19(20)21/h7-10,13-15,29,32H,4-6,11-12,28H2,1-3H3. The minimum absolute atomic E-state index is 0.399. The summed E-state index contributed by atoms with van der Waals surface area (Å²) in [5.41, 5.74) is 17.1. The Morgan fingerprint density at radius 3 is 2.74 bits per heavy atom. The molecule has 34 heavy (non-hydrogen) atoms. The Balaban J connectivity index is 1.50. The van der Waals surface area contributed by atoms with Crippen LogP contribution >= 0.6 is 11.3 Å². The Labute approximate surface area is 203 Å². The molecule has 5 aromatic rings. The van der Waals surface area contributed by atoms with E-state index in [2.05, 4.69) is 71.6 Å². The number of aromatic nitrogens is 4. The maximum absolute atomic E-state index is 5.62. The van der Waals surface area contributed by atoms with E-state index in [-0.39, 0.29) is 0 Å². The molecule has 174 valence electrons. The van der Waals surface area contributed by atoms with E-state index in [9.17, 15) is 0 Å². The first-order chi connectivity index (χ1) is 16.6. The van der Waals surface area contributed by atoms with Crippen molar-refractivity contribution in [3.05, 3.63) is 59.0 Å². The van der Waals surface area contributed by atoms with Gasteiger partial charge in [0, 0.05) is 46.4 Å². The van der Waals surface area contributed by atoms with Gasteiger partial charge in [0.2, 0.25) is 0 Å². The number of aromatic amines is 1. The van der Waals surface area contributed by atoms with Gasteiger partial charge in [0.25, 0.3) is 0 Å². The van der Waals surface area contributed by atoms with Gasteiger partial charge in [-0.3, -0.25) is 0 Å². The second-order valence-electron chi connectivity index (χ2n) is 9.50. The first-order valence-electron chi connectivity index (χ1n) is 12.1. The van der Waals surface area contributed by atoms with Crippen LogP contribution in [0.5, 0.6) is 0 Å². The van der Waals surface area contributed by atoms with Crippen LogP contribution in [0.15, 0.2) is 36.8 Å². The summed E-state index contributed by atoms with van der Waals surface area (Å²) in [6, 6.07) is 8.70. The zero-order valence-corrected chi connectivity index (χ0v) is 20.7. The molecule has 0 aliphatic heterocycles. The number of H-pyrrole nitrogens is 1. The largest absolute Gasteiger partial charge is 0.384 e. The van der Waals surface area contributed by atoms with E-state index in [4.69, 9.17) is 5.73 Å². The van der Waals surface area contributed by atoms with Crippen LogP contribution < -0.4 is 11.1 Å². The fraction of sp³-hybridized carbons (Fsp3) is 0.333. The Morgan fingerprint density at radius 2 is 1.97 bits per heavy atom. The van der Waals surface area contributed by atoms with Crippen LogP contribution in [-0.4, -0.2) is 32.7 Å². The molecule has 0 spiro atoms. The number of fused-ring (bicyclic) bond motifs is 4. The molecule has 0 radical (unpaired) electrons. The number of benzene rings is 1. The van der Waals surface area contributed by atoms with E-state index in [1.807, 2.05) is 15.9 Å². The van der Waals surface area contributed by atoms with Crippen LogP contribution in [0.25, 0.3) is 37.6 Å². The van der Waals surface area contributed by atoms with Crippen LogP contribution in [0.3, 0.4) is 0 Å². The van der Waals surface area contributed by atoms with Crippen molar-refractivity contribution in [3.63, 3.8) is 0 Å². The van der Waals surface area contributed by atoms with E-state index in [1.54, 1.807) is 6.33 Å². The number of nitrogens with two attached hydrogens (primary N) is 1. The van der Waals surface area contributed by atoms with Crippen LogP contribution in [-0.2, 0) is 12.8 Å². The predicted molar refractivity (Wildman–Crippen MR) is 142 cm³/mol. The summed E-state index contributed by atoms with van der Waals surface area (Å²) in [5.74, 6) is 0.399. The molecule has 1 aliphatic carbocycles. The van der Waals surface area contributed by atoms with Gasteiger partial charge in [-0.25, -0.2) is 9.50 Å². The molecule has 0 atom stereocenters. The van der Waals surface area contributed by atoms with E-state index >= 15 is 0 Å². The number of nitrogens with one attached hydrogen (secondary N) is 2. The molecule has 0 fully saturated rings. The normalized spacial score (nSPS) is 13.4. The minimum Gasteiger partial charge on any atom is -0.384 e. The van der Waals surface area contributed by atoms with E-state index in [0.717, 1.165) is 30.7 Å². The predicted octanol–water partition coefficient (Wildman–Crippen LogP) is 5.90. The summed E-state index contributed by atoms with van der Waals surface area (Å²) < 4.78 is 1.96. The molecular formula is C27H30N6S. The number of nitrogens with zero attached hydrogens (tertiary/aromatic N) is 3. The number of hydrogen-bond acceptors (Lipinski definition) is 5. The van der Waals surface area contributed by atoms with Crippen molar-refractivity contribution < 1.29 is 0 Å². The number of thiophene rings is 1. The highest BCUT2D eigenvalue weighted by Crippen LogP contribution is 2.46. The van der Waals surface area contributed by atoms with Gasteiger partial charge >= 0.3 is 0 Å². The molecule has 7 heteroatoms. The quantitative estimate of drug-likeness (QED) is 0.289. The van der Waals surface area contributed by atoms with Gasteiger partial charge in [-0.05, 0) is 66.5 Å². The maximum atomic E-state index is 5.62. The van der Waals surface area contributed by atoms with E-state index < -0.39 is 0 Å². The summed E-state index contributed by atoms with van der Waals surface area (Å²) >= 11 is 1.86. The lowest BCUT2D eigenvalue weighted by Crippen LogP contribution is -2.12. The van der Waals surface area contributed by atoms with Crippen molar-refractivity contribution in [2.75, 3.05) is 18.4 Å². The lowest BCUT2D eigenvalue weighted by molar-refractivity contribution is 0.875. The average molecular weight is 471 g/mol. The van der Waals surface area contributed by atoms with Crippen molar-refractivity contribution in [2.45, 2.75) is 46.0 Å². The molecule has 4 N–H and O–H groups in total. The van der Waals surface area contributed by atoms with Crippen molar-refractivity contribution in [1.29, 1.82) is 0 Å². The summed E-state index contributed by atoms with van der Waals surface area (Å²) in [6.07, 6.45) is 7.21. The van der Waals surface area contributed by atoms with Gasteiger partial charge in [0.05, 0.1) is 5.69 Å². The lowest BCUT2D eigenvalue weighted by atomic mass is 9.93. The minimum atomic E-state index is 0.399. The third kappa shape index (κ3) is 3.26. The molecule has 4 aromatic heterocycles. The maximum Gasteiger partial charge on any atom is 0.158 e. The molecule has 6 nitrogen and oxygen atoms in total. The summed E-state index contributed by atoms with van der Waals surface area (Å²) in [7, 11) is 0. The van der Waals surface area contributed by atoms with Gasteiger partial charge in [-0.15, -0.1) is 11.3 Å². The second kappa shape index (κ2) is 8.25. The average Bonchev–Trinajstić information content (AvgIpc) is 3.61. The summed E-state index contributed by atoms with van der Waals surface area (Å²) in [4.78, 5) is 11.0. The van der Waals surface area contributed by atoms with Crippen LogP contribution in [0.4, 0.5) is 5.69 Å². The van der Waals surface area contributed by atoms with Crippen molar-refractivity contribution in [1.82, 2.24) is 19.6 Å². The van der Waals surface area contributed by atoms with Gasteiger partial charge in [0.15, 0.2) is 5.65 Å². The SMILES string of the molecule is Cc1c(-c2ccc(NCCN)cc2)sc2[nH]c(-c3cn4ncnc4c4c3CCC4)c(C(C)C)c12. The van der Waals surface area contributed by atoms with Gasteiger partial charge in [0.1, 0.15) is 11.2 Å². The molecule has 0 saturated heterocycles. The molecule has 0 bridgehead atoms. The molecule has 1 aromatic carbocycles. The lowest BCUT2D eigenvalue weighted by Gasteiger charge is -2.14. The molecule has 0 unspecified atom stereocenters.